The molecule has 4 amide bonds. The van der Waals surface area contributed by atoms with Crippen molar-refractivity contribution in [2.45, 2.75) is 46.5 Å². The lowest BCUT2D eigenvalue weighted by atomic mass is 9.76. The zero-order valence-electron chi connectivity index (χ0n) is 21.5. The number of nitrogens with zero attached hydrogens (tertiary/aromatic N) is 2. The number of carbonyl (C=O) groups is 4. The average Bonchev–Trinajstić information content (AvgIpc) is 3.30. The lowest BCUT2D eigenvalue weighted by molar-refractivity contribution is -0.143. The maximum Gasteiger partial charge on any atom is 0.261 e. The Morgan fingerprint density at radius 3 is 2.38 bits per heavy atom. The van der Waals surface area contributed by atoms with Gasteiger partial charge in [-0.05, 0) is 55.9 Å². The number of likely N-dealkylation sites (tertiary alicyclic amines) is 1. The van der Waals surface area contributed by atoms with Gasteiger partial charge in [0, 0.05) is 26.1 Å². The van der Waals surface area contributed by atoms with Gasteiger partial charge in [-0.3, -0.25) is 29.3 Å². The van der Waals surface area contributed by atoms with Crippen LogP contribution in [0.1, 0.15) is 66.3 Å². The first kappa shape index (κ1) is 28.0. The van der Waals surface area contributed by atoms with Crippen molar-refractivity contribution in [1.82, 2.24) is 15.3 Å². The van der Waals surface area contributed by atoms with Crippen LogP contribution < -0.4 is 5.48 Å². The van der Waals surface area contributed by atoms with Gasteiger partial charge >= 0.3 is 0 Å². The second kappa shape index (κ2) is 12.1. The maximum atomic E-state index is 12.9. The molecule has 0 aliphatic carbocycles. The molecule has 37 heavy (non-hydrogen) atoms. The van der Waals surface area contributed by atoms with Crippen molar-refractivity contribution in [2.75, 3.05) is 19.6 Å². The number of halogens is 1. The molecule has 9 heteroatoms. The Kier molecular flexibility index (Phi) is 9.15. The van der Waals surface area contributed by atoms with Crippen LogP contribution in [0.25, 0.3) is 0 Å². The molecule has 0 spiro atoms. The third kappa shape index (κ3) is 6.40. The van der Waals surface area contributed by atoms with Crippen LogP contribution in [0, 0.1) is 17.2 Å². The Bertz CT molecular complexity index is 1150. The summed E-state index contributed by atoms with van der Waals surface area (Å²) in [4.78, 5) is 50.6. The summed E-state index contributed by atoms with van der Waals surface area (Å²) in [6, 6.07) is 13.7. The van der Waals surface area contributed by atoms with Crippen molar-refractivity contribution in [3.05, 3.63) is 71.0 Å². The molecule has 1 unspecified atom stereocenters. The van der Waals surface area contributed by atoms with Crippen LogP contribution in [0.2, 0.25) is 0 Å². The molecule has 2 aromatic carbocycles. The first-order valence-electron chi connectivity index (χ1n) is 12.5. The third-order valence-corrected chi connectivity index (χ3v) is 6.79. The minimum absolute atomic E-state index is 0.0470. The highest BCUT2D eigenvalue weighted by Gasteiger charge is 2.47. The van der Waals surface area contributed by atoms with Crippen molar-refractivity contribution in [1.29, 1.82) is 0 Å². The van der Waals surface area contributed by atoms with Gasteiger partial charge in [-0.2, -0.15) is 0 Å². The van der Waals surface area contributed by atoms with E-state index in [1.165, 1.54) is 17.7 Å². The molecule has 1 fully saturated rings. The number of amides is 4. The Balaban J connectivity index is 0.000000231. The SMILES string of the molecule is CC(C)CC1(CC(=O)NO)CCN(CCc2ccccc2)C1=O.CCN1C(=O)c2ccc(F)cc2C1=O. The molecule has 0 bridgehead atoms. The molecule has 1 atom stereocenters. The summed E-state index contributed by atoms with van der Waals surface area (Å²) in [6.45, 7) is 7.48. The molecule has 0 aromatic heterocycles. The van der Waals surface area contributed by atoms with Gasteiger partial charge in [0.25, 0.3) is 11.8 Å². The minimum Gasteiger partial charge on any atom is -0.342 e. The van der Waals surface area contributed by atoms with E-state index in [-0.39, 0.29) is 23.8 Å². The lowest BCUT2D eigenvalue weighted by Crippen LogP contribution is -2.40. The summed E-state index contributed by atoms with van der Waals surface area (Å²) in [5.41, 5.74) is 2.66. The van der Waals surface area contributed by atoms with Crippen molar-refractivity contribution in [2.24, 2.45) is 11.3 Å². The Labute approximate surface area is 216 Å². The van der Waals surface area contributed by atoms with Crippen LogP contribution in [0.5, 0.6) is 0 Å². The zero-order chi connectivity index (χ0) is 27.2. The van der Waals surface area contributed by atoms with Crippen molar-refractivity contribution >= 4 is 23.6 Å². The fourth-order valence-electron chi connectivity index (χ4n) is 5.12. The number of benzene rings is 2. The number of hydroxylamine groups is 1. The molecule has 2 aliphatic heterocycles. The number of fused-ring (bicyclic) bond motifs is 1. The van der Waals surface area contributed by atoms with E-state index in [4.69, 9.17) is 5.21 Å². The summed E-state index contributed by atoms with van der Waals surface area (Å²) < 4.78 is 12.8. The molecule has 0 saturated carbocycles. The summed E-state index contributed by atoms with van der Waals surface area (Å²) >= 11 is 0. The maximum absolute atomic E-state index is 12.9. The molecule has 2 heterocycles. The van der Waals surface area contributed by atoms with Gasteiger partial charge in [-0.1, -0.05) is 44.2 Å². The second-order valence-corrected chi connectivity index (χ2v) is 9.91. The normalized spacial score (nSPS) is 18.7. The standard InChI is InChI=1S/C18H26N2O3.C10H8FNO2/c1-14(2)12-18(13-16(21)19-23)9-11-20(17(18)22)10-8-15-6-4-3-5-7-15;1-2-12-9(13)7-4-3-6(11)5-8(7)10(12)14/h3-7,14,23H,8-13H2,1-2H3,(H,19,21);3-5H,2H2,1H3. The molecule has 2 aliphatic rings. The number of nitrogens with one attached hydrogen (secondary N) is 1. The smallest absolute Gasteiger partial charge is 0.261 e. The Morgan fingerprint density at radius 2 is 1.76 bits per heavy atom. The van der Waals surface area contributed by atoms with E-state index in [9.17, 15) is 23.6 Å². The topological polar surface area (TPSA) is 107 Å². The first-order chi connectivity index (χ1) is 17.6. The third-order valence-electron chi connectivity index (χ3n) is 6.79. The zero-order valence-corrected chi connectivity index (χ0v) is 21.5. The van der Waals surface area contributed by atoms with Crippen molar-refractivity contribution in [3.63, 3.8) is 0 Å². The molecule has 2 N–H and O–H groups in total. The predicted octanol–water partition coefficient (Wildman–Crippen LogP) is 3.83. The number of rotatable bonds is 8. The molecule has 2 aromatic rings. The van der Waals surface area contributed by atoms with Gasteiger partial charge in [-0.15, -0.1) is 0 Å². The van der Waals surface area contributed by atoms with Crippen LogP contribution in [-0.2, 0) is 16.0 Å². The van der Waals surface area contributed by atoms with E-state index < -0.39 is 23.0 Å². The summed E-state index contributed by atoms with van der Waals surface area (Å²) in [6.07, 6.45) is 2.21. The lowest BCUT2D eigenvalue weighted by Gasteiger charge is -2.28. The molecule has 1 saturated heterocycles. The number of hydrogen-bond acceptors (Lipinski definition) is 5. The molecule has 8 nitrogen and oxygen atoms in total. The molecular weight excluding hydrogens is 477 g/mol. The highest BCUT2D eigenvalue weighted by molar-refractivity contribution is 6.21. The van der Waals surface area contributed by atoms with Gasteiger partial charge in [0.2, 0.25) is 11.8 Å². The second-order valence-electron chi connectivity index (χ2n) is 9.91. The van der Waals surface area contributed by atoms with Gasteiger partial charge in [0.1, 0.15) is 5.82 Å². The largest absolute Gasteiger partial charge is 0.342 e. The van der Waals surface area contributed by atoms with Gasteiger partial charge in [0.15, 0.2) is 0 Å². The average molecular weight is 512 g/mol. The number of carbonyl (C=O) groups excluding carboxylic acids is 4. The van der Waals surface area contributed by atoms with Gasteiger partial charge in [0.05, 0.1) is 16.5 Å². The summed E-state index contributed by atoms with van der Waals surface area (Å²) in [5.74, 6) is -1.36. The van der Waals surface area contributed by atoms with Crippen molar-refractivity contribution < 1.29 is 28.8 Å². The quantitative estimate of drug-likeness (QED) is 0.318. The highest BCUT2D eigenvalue weighted by Crippen LogP contribution is 2.41. The van der Waals surface area contributed by atoms with E-state index in [2.05, 4.69) is 26.0 Å². The highest BCUT2D eigenvalue weighted by atomic mass is 19.1. The minimum atomic E-state index is -0.669. The Hall–Kier alpha value is -3.59. The van der Waals surface area contributed by atoms with Crippen LogP contribution in [0.3, 0.4) is 0 Å². The monoisotopic (exact) mass is 511 g/mol. The summed E-state index contributed by atoms with van der Waals surface area (Å²) in [5, 5.41) is 8.82. The molecular formula is C28H34FN3O5. The summed E-state index contributed by atoms with van der Waals surface area (Å²) in [7, 11) is 0. The Morgan fingerprint density at radius 1 is 1.08 bits per heavy atom. The van der Waals surface area contributed by atoms with Crippen molar-refractivity contribution in [3.8, 4) is 0 Å². The van der Waals surface area contributed by atoms with E-state index in [0.29, 0.717) is 44.0 Å². The van der Waals surface area contributed by atoms with Crippen LogP contribution in [0.4, 0.5) is 4.39 Å². The van der Waals surface area contributed by atoms with Crippen LogP contribution >= 0.6 is 0 Å². The van der Waals surface area contributed by atoms with Crippen LogP contribution in [0.15, 0.2) is 48.5 Å². The molecule has 4 rings (SSSR count). The van der Waals surface area contributed by atoms with Gasteiger partial charge < -0.3 is 4.90 Å². The van der Waals surface area contributed by atoms with Gasteiger partial charge in [-0.25, -0.2) is 9.87 Å². The van der Waals surface area contributed by atoms with E-state index in [0.717, 1.165) is 17.4 Å². The molecule has 0 radical (unpaired) electrons. The first-order valence-corrected chi connectivity index (χ1v) is 12.5. The number of hydrogen-bond donors (Lipinski definition) is 2. The van der Waals surface area contributed by atoms with E-state index in [1.807, 2.05) is 23.1 Å². The van der Waals surface area contributed by atoms with Crippen LogP contribution in [-0.4, -0.2) is 58.3 Å². The number of imide groups is 1. The van der Waals surface area contributed by atoms with E-state index in [1.54, 1.807) is 12.4 Å². The predicted molar refractivity (Wildman–Crippen MR) is 135 cm³/mol. The van der Waals surface area contributed by atoms with E-state index >= 15 is 0 Å². The molecule has 198 valence electrons. The fraction of sp³-hybridized carbons (Fsp3) is 0.429. The fourth-order valence-corrected chi connectivity index (χ4v) is 5.12.